The van der Waals surface area contributed by atoms with E-state index < -0.39 is 0 Å². The van der Waals surface area contributed by atoms with Gasteiger partial charge in [0.05, 0.1) is 6.54 Å². The van der Waals surface area contributed by atoms with Crippen LogP contribution < -0.4 is 10.6 Å². The third-order valence-electron chi connectivity index (χ3n) is 6.58. The van der Waals surface area contributed by atoms with Crippen LogP contribution in [-0.4, -0.2) is 48.8 Å². The van der Waals surface area contributed by atoms with Crippen LogP contribution in [0.3, 0.4) is 0 Å². The second-order valence-electron chi connectivity index (χ2n) is 8.18. The van der Waals surface area contributed by atoms with Crippen LogP contribution in [0.4, 0.5) is 0 Å². The summed E-state index contributed by atoms with van der Waals surface area (Å²) in [5.41, 5.74) is 0.0506. The van der Waals surface area contributed by atoms with Crippen molar-refractivity contribution in [3.63, 3.8) is 0 Å². The minimum Gasteiger partial charge on any atom is -0.356 e. The predicted molar refractivity (Wildman–Crippen MR) is 94.6 cm³/mol. The summed E-state index contributed by atoms with van der Waals surface area (Å²) in [4.78, 5) is 38.0. The number of hydrogen-bond donors (Lipinski definition) is 2. The molecule has 0 radical (unpaired) electrons. The molecule has 2 heterocycles. The van der Waals surface area contributed by atoms with Crippen molar-refractivity contribution in [3.8, 4) is 0 Å². The number of amides is 3. The molecule has 1 saturated carbocycles. The van der Waals surface area contributed by atoms with Gasteiger partial charge in [-0.3, -0.25) is 14.4 Å². The predicted octanol–water partition coefficient (Wildman–Crippen LogP) is 1.45. The molecule has 0 aromatic carbocycles. The summed E-state index contributed by atoms with van der Waals surface area (Å²) >= 11 is 0. The van der Waals surface area contributed by atoms with E-state index >= 15 is 0 Å². The quantitative estimate of drug-likeness (QED) is 0.806. The van der Waals surface area contributed by atoms with E-state index in [9.17, 15) is 14.4 Å². The van der Waals surface area contributed by atoms with Crippen molar-refractivity contribution in [1.29, 1.82) is 0 Å². The first-order valence-corrected chi connectivity index (χ1v) is 9.83. The molecule has 6 heteroatoms. The van der Waals surface area contributed by atoms with Gasteiger partial charge in [0.25, 0.3) is 0 Å². The summed E-state index contributed by atoms with van der Waals surface area (Å²) in [6.45, 7) is 4.43. The first-order chi connectivity index (χ1) is 12.0. The smallest absolute Gasteiger partial charge is 0.241 e. The Morgan fingerprint density at radius 2 is 1.88 bits per heavy atom. The fraction of sp³-hybridized carbons (Fsp3) is 0.842. The number of piperidine rings is 1. The van der Waals surface area contributed by atoms with E-state index in [2.05, 4.69) is 17.6 Å². The summed E-state index contributed by atoms with van der Waals surface area (Å²) in [7, 11) is 0. The number of rotatable bonds is 4. The molecule has 0 aromatic rings. The van der Waals surface area contributed by atoms with E-state index in [1.165, 1.54) is 6.42 Å². The molecule has 3 rings (SSSR count). The molecule has 1 spiro atoms. The first kappa shape index (κ1) is 18.2. The standard InChI is InChI=1S/C19H31N3O3/c1-2-14-3-5-15(6-4-14)18(25)20-12-17(24)22-9-7-19(8-10-22)11-16(23)21-13-19/h14-15H,2-13H2,1H3,(H,20,25)(H,21,23). The van der Waals surface area contributed by atoms with Crippen LogP contribution in [-0.2, 0) is 14.4 Å². The number of carbonyl (C=O) groups excluding carboxylic acids is 3. The maximum atomic E-state index is 12.4. The number of nitrogens with zero attached hydrogens (tertiary/aromatic N) is 1. The highest BCUT2D eigenvalue weighted by molar-refractivity contribution is 5.86. The van der Waals surface area contributed by atoms with Gasteiger partial charge in [0.1, 0.15) is 0 Å². The van der Waals surface area contributed by atoms with Crippen molar-refractivity contribution < 1.29 is 14.4 Å². The second-order valence-corrected chi connectivity index (χ2v) is 8.18. The van der Waals surface area contributed by atoms with Crippen molar-refractivity contribution in [1.82, 2.24) is 15.5 Å². The molecule has 0 unspecified atom stereocenters. The fourth-order valence-corrected chi connectivity index (χ4v) is 4.59. The van der Waals surface area contributed by atoms with Crippen LogP contribution in [0.15, 0.2) is 0 Å². The van der Waals surface area contributed by atoms with Gasteiger partial charge >= 0.3 is 0 Å². The van der Waals surface area contributed by atoms with Crippen molar-refractivity contribution >= 4 is 17.7 Å². The summed E-state index contributed by atoms with van der Waals surface area (Å²) in [5.74, 6) is 1.02. The SMILES string of the molecule is CCC1CCC(C(=O)NCC(=O)N2CCC3(CC2)CNC(=O)C3)CC1. The zero-order chi connectivity index (χ0) is 17.9. The highest BCUT2D eigenvalue weighted by Gasteiger charge is 2.41. The second kappa shape index (κ2) is 7.75. The van der Waals surface area contributed by atoms with Crippen LogP contribution in [0.25, 0.3) is 0 Å². The summed E-state index contributed by atoms with van der Waals surface area (Å²) < 4.78 is 0. The summed E-state index contributed by atoms with van der Waals surface area (Å²) in [5, 5.41) is 5.76. The Balaban J connectivity index is 1.38. The zero-order valence-electron chi connectivity index (χ0n) is 15.3. The van der Waals surface area contributed by atoms with E-state index in [0.29, 0.717) is 19.5 Å². The Labute approximate surface area is 150 Å². The van der Waals surface area contributed by atoms with Crippen molar-refractivity contribution in [2.75, 3.05) is 26.2 Å². The van der Waals surface area contributed by atoms with E-state index in [1.54, 1.807) is 0 Å². The van der Waals surface area contributed by atoms with Gasteiger partial charge in [-0.15, -0.1) is 0 Å². The Morgan fingerprint density at radius 1 is 1.20 bits per heavy atom. The lowest BCUT2D eigenvalue weighted by molar-refractivity contribution is -0.136. The summed E-state index contributed by atoms with van der Waals surface area (Å²) in [6, 6.07) is 0. The van der Waals surface area contributed by atoms with Gasteiger partial charge in [-0.2, -0.15) is 0 Å². The minimum absolute atomic E-state index is 0.00252. The van der Waals surface area contributed by atoms with Crippen LogP contribution in [0.2, 0.25) is 0 Å². The molecule has 0 bridgehead atoms. The largest absolute Gasteiger partial charge is 0.356 e. The van der Waals surface area contributed by atoms with Gasteiger partial charge in [0.15, 0.2) is 0 Å². The molecule has 3 aliphatic rings. The maximum Gasteiger partial charge on any atom is 0.241 e. The van der Waals surface area contributed by atoms with E-state index in [1.807, 2.05) is 4.90 Å². The first-order valence-electron chi connectivity index (χ1n) is 9.83. The number of carbonyl (C=O) groups is 3. The normalized spacial score (nSPS) is 28.7. The third kappa shape index (κ3) is 4.33. The minimum atomic E-state index is 0.00252. The van der Waals surface area contributed by atoms with Crippen LogP contribution in [0, 0.1) is 17.3 Å². The average molecular weight is 349 g/mol. The van der Waals surface area contributed by atoms with Gasteiger partial charge in [0, 0.05) is 32.0 Å². The monoisotopic (exact) mass is 349 g/mol. The Morgan fingerprint density at radius 3 is 2.44 bits per heavy atom. The highest BCUT2D eigenvalue weighted by atomic mass is 16.2. The van der Waals surface area contributed by atoms with Gasteiger partial charge in [-0.1, -0.05) is 13.3 Å². The Bertz CT molecular complexity index is 518. The molecular weight excluding hydrogens is 318 g/mol. The number of nitrogens with one attached hydrogen (secondary N) is 2. The molecule has 0 atom stereocenters. The third-order valence-corrected chi connectivity index (χ3v) is 6.58. The Hall–Kier alpha value is -1.59. The van der Waals surface area contributed by atoms with Crippen molar-refractivity contribution in [2.24, 2.45) is 17.3 Å². The van der Waals surface area contributed by atoms with E-state index in [4.69, 9.17) is 0 Å². The molecule has 0 aromatic heterocycles. The van der Waals surface area contributed by atoms with E-state index in [0.717, 1.165) is 51.0 Å². The molecule has 6 nitrogen and oxygen atoms in total. The molecule has 140 valence electrons. The molecular formula is C19H31N3O3. The lowest BCUT2D eigenvalue weighted by Gasteiger charge is -2.38. The average Bonchev–Trinajstić information content (AvgIpc) is 3.00. The topological polar surface area (TPSA) is 78.5 Å². The van der Waals surface area contributed by atoms with Crippen molar-refractivity contribution in [3.05, 3.63) is 0 Å². The van der Waals surface area contributed by atoms with Crippen molar-refractivity contribution in [2.45, 2.75) is 58.3 Å². The number of hydrogen-bond acceptors (Lipinski definition) is 3. The zero-order valence-corrected chi connectivity index (χ0v) is 15.3. The molecule has 1 aliphatic carbocycles. The van der Waals surface area contributed by atoms with Gasteiger partial charge in [-0.05, 0) is 49.9 Å². The molecule has 2 N–H and O–H groups in total. The molecule has 2 aliphatic heterocycles. The van der Waals surface area contributed by atoms with Crippen LogP contribution >= 0.6 is 0 Å². The lowest BCUT2D eigenvalue weighted by Crippen LogP contribution is -2.48. The van der Waals surface area contributed by atoms with E-state index in [-0.39, 0.29) is 35.6 Å². The Kier molecular flexibility index (Phi) is 5.64. The molecule has 3 fully saturated rings. The molecule has 2 saturated heterocycles. The lowest BCUT2D eigenvalue weighted by atomic mass is 9.77. The van der Waals surface area contributed by atoms with Gasteiger partial charge in [0.2, 0.25) is 17.7 Å². The maximum absolute atomic E-state index is 12.4. The highest BCUT2D eigenvalue weighted by Crippen LogP contribution is 2.37. The fourth-order valence-electron chi connectivity index (χ4n) is 4.59. The molecule has 25 heavy (non-hydrogen) atoms. The molecule has 3 amide bonds. The summed E-state index contributed by atoms with van der Waals surface area (Å²) in [6.07, 6.45) is 7.68. The van der Waals surface area contributed by atoms with Gasteiger partial charge < -0.3 is 15.5 Å². The van der Waals surface area contributed by atoms with Gasteiger partial charge in [-0.25, -0.2) is 0 Å². The van der Waals surface area contributed by atoms with Crippen LogP contribution in [0.5, 0.6) is 0 Å². The number of likely N-dealkylation sites (tertiary alicyclic amines) is 1. The van der Waals surface area contributed by atoms with Crippen LogP contribution in [0.1, 0.15) is 58.3 Å².